The number of carbonyl (C=O) groups excluding carboxylic acids is 2. The summed E-state index contributed by atoms with van der Waals surface area (Å²) in [5.74, 6) is -4.08. The van der Waals surface area contributed by atoms with E-state index in [9.17, 15) is 39.6 Å². The molecule has 0 aliphatic heterocycles. The van der Waals surface area contributed by atoms with Crippen LogP contribution in [0.5, 0.6) is 0 Å². The molecule has 13 heteroatoms. The Kier molecular flexibility index (Phi) is 33.1. The molecule has 45 heavy (non-hydrogen) atoms. The molecule has 0 amide bonds. The molecule has 0 rings (SSSR count). The van der Waals surface area contributed by atoms with Gasteiger partial charge in [0.05, 0.1) is 65.3 Å². The first-order chi connectivity index (χ1) is 20.9. The van der Waals surface area contributed by atoms with Crippen LogP contribution in [0.25, 0.3) is 0 Å². The van der Waals surface area contributed by atoms with E-state index >= 15 is 0 Å². The topological polar surface area (TPSA) is 195 Å². The maximum atomic E-state index is 10.8. The standard InChI is InChI=1S/2C16H29NO5.Ca/c2*1-2-3-4-5-6-7-10-17(13-14-18,11-8-15(19)20)12-9-16(21)22;/h2*2,18H,1,3-14H2,(H-,19,20,21,22);/q;;+2. The van der Waals surface area contributed by atoms with Gasteiger partial charge in [-0.2, -0.15) is 0 Å². The van der Waals surface area contributed by atoms with Gasteiger partial charge in [0.25, 0.3) is 0 Å². The summed E-state index contributed by atoms with van der Waals surface area (Å²) in [6, 6.07) is 0. The normalized spacial score (nSPS) is 13.2. The molecule has 2 atom stereocenters. The summed E-state index contributed by atoms with van der Waals surface area (Å²) in [6.07, 6.45) is 13.6. The van der Waals surface area contributed by atoms with Gasteiger partial charge in [-0.3, -0.25) is 9.59 Å². The summed E-state index contributed by atoms with van der Waals surface area (Å²) in [7, 11) is 0. The Bertz CT molecular complexity index is 724. The number of aliphatic carboxylic acids is 4. The van der Waals surface area contributed by atoms with Crippen molar-refractivity contribution in [3.05, 3.63) is 25.3 Å². The minimum Gasteiger partial charge on any atom is -0.550 e. The molecule has 0 aliphatic carbocycles. The molecule has 0 heterocycles. The third-order valence-corrected chi connectivity index (χ3v) is 7.91. The number of unbranched alkanes of at least 4 members (excludes halogenated alkanes) is 8. The summed E-state index contributed by atoms with van der Waals surface area (Å²) in [4.78, 5) is 43.1. The zero-order valence-corrected chi connectivity index (χ0v) is 29.6. The molecule has 4 N–H and O–H groups in total. The van der Waals surface area contributed by atoms with E-state index < -0.39 is 23.9 Å². The van der Waals surface area contributed by atoms with Crippen molar-refractivity contribution in [1.29, 1.82) is 0 Å². The van der Waals surface area contributed by atoms with E-state index in [0.29, 0.717) is 61.3 Å². The zero-order chi connectivity index (χ0) is 33.7. The van der Waals surface area contributed by atoms with Crippen LogP contribution in [0.1, 0.15) is 89.9 Å². The van der Waals surface area contributed by atoms with Gasteiger partial charge in [-0.25, -0.2) is 0 Å². The second kappa shape index (κ2) is 31.1. The van der Waals surface area contributed by atoms with Crippen LogP contribution < -0.4 is 10.2 Å². The maximum absolute atomic E-state index is 10.8. The first kappa shape index (κ1) is 47.9. The van der Waals surface area contributed by atoms with E-state index in [4.69, 9.17) is 10.2 Å². The molecule has 2 unspecified atom stereocenters. The van der Waals surface area contributed by atoms with Gasteiger partial charge in [0.1, 0.15) is 13.1 Å². The Morgan fingerprint density at radius 3 is 1.09 bits per heavy atom. The molecular formula is C32H58CaN2O10+2. The number of quaternary nitrogens is 2. The maximum Gasteiger partial charge on any atom is 2.00 e. The number of aliphatic hydroxyl groups is 2. The first-order valence-electron chi connectivity index (χ1n) is 15.9. The second-order valence-corrected chi connectivity index (χ2v) is 11.4. The van der Waals surface area contributed by atoms with Crippen molar-refractivity contribution in [1.82, 2.24) is 0 Å². The summed E-state index contributed by atoms with van der Waals surface area (Å²) in [6.45, 7) is 10.6. The largest absolute Gasteiger partial charge is 2.00 e. The number of hydrogen-bond acceptors (Lipinski definition) is 8. The van der Waals surface area contributed by atoms with Crippen molar-refractivity contribution in [3.63, 3.8) is 0 Å². The van der Waals surface area contributed by atoms with Gasteiger partial charge in [0.15, 0.2) is 0 Å². The number of allylic oxidation sites excluding steroid dienone is 2. The Balaban J connectivity index is -0.000000767. The van der Waals surface area contributed by atoms with Gasteiger partial charge < -0.3 is 49.2 Å². The molecule has 0 fully saturated rings. The molecule has 12 nitrogen and oxygen atoms in total. The molecule has 0 spiro atoms. The van der Waals surface area contributed by atoms with E-state index in [-0.39, 0.29) is 76.6 Å². The Morgan fingerprint density at radius 2 is 0.822 bits per heavy atom. The van der Waals surface area contributed by atoms with Gasteiger partial charge >= 0.3 is 49.7 Å². The van der Waals surface area contributed by atoms with Gasteiger partial charge in [0.2, 0.25) is 0 Å². The second-order valence-electron chi connectivity index (χ2n) is 11.4. The Labute approximate surface area is 299 Å². The Hall–Kier alpha value is -1.54. The molecule has 0 saturated heterocycles. The van der Waals surface area contributed by atoms with E-state index in [1.54, 1.807) is 0 Å². The SMILES string of the molecule is C=CCCCCCC[N+](CCO)(CCC(=O)[O-])CCC(=O)O.C=CCCCCCC[N+](CCO)(CCC(=O)[O-])CCC(=O)O.[Ca+2]. The van der Waals surface area contributed by atoms with Crippen LogP contribution in [-0.4, -0.2) is 157 Å². The molecule has 256 valence electrons. The average molecular weight is 671 g/mol. The third kappa shape index (κ3) is 29.6. The number of carbonyl (C=O) groups is 4. The zero-order valence-electron chi connectivity index (χ0n) is 27.4. The van der Waals surface area contributed by atoms with Crippen LogP contribution in [-0.2, 0) is 19.2 Å². The predicted octanol–water partition coefficient (Wildman–Crippen LogP) is 0.713. The van der Waals surface area contributed by atoms with Crippen molar-refractivity contribution in [2.45, 2.75) is 89.9 Å². The van der Waals surface area contributed by atoms with Crippen LogP contribution in [0.2, 0.25) is 0 Å². The molecule has 0 aromatic rings. The van der Waals surface area contributed by atoms with E-state index in [0.717, 1.165) is 64.2 Å². The van der Waals surface area contributed by atoms with Crippen LogP contribution in [0, 0.1) is 0 Å². The molecular weight excluding hydrogens is 612 g/mol. The van der Waals surface area contributed by atoms with Gasteiger partial charge in [-0.1, -0.05) is 25.0 Å². The monoisotopic (exact) mass is 670 g/mol. The van der Waals surface area contributed by atoms with Crippen LogP contribution in [0.15, 0.2) is 25.3 Å². The smallest absolute Gasteiger partial charge is 0.550 e. The summed E-state index contributed by atoms with van der Waals surface area (Å²) in [5.41, 5.74) is 0. The molecule has 0 saturated carbocycles. The van der Waals surface area contributed by atoms with Crippen LogP contribution in [0.4, 0.5) is 0 Å². The summed E-state index contributed by atoms with van der Waals surface area (Å²) >= 11 is 0. The number of rotatable bonds is 30. The van der Waals surface area contributed by atoms with Crippen molar-refractivity contribution in [2.75, 3.05) is 65.6 Å². The van der Waals surface area contributed by atoms with Crippen molar-refractivity contribution >= 4 is 61.6 Å². The predicted molar refractivity (Wildman–Crippen MR) is 170 cm³/mol. The number of nitrogens with zero attached hydrogens (tertiary/aromatic N) is 2. The third-order valence-electron chi connectivity index (χ3n) is 7.91. The minimum absolute atomic E-state index is 0. The fraction of sp³-hybridized carbons (Fsp3) is 0.750. The van der Waals surface area contributed by atoms with Gasteiger partial charge in [-0.05, 0) is 51.4 Å². The Morgan fingerprint density at radius 1 is 0.511 bits per heavy atom. The molecule has 0 aliphatic rings. The number of carboxylic acid groups (broad SMARTS) is 4. The van der Waals surface area contributed by atoms with Gasteiger partial charge in [-0.15, -0.1) is 13.2 Å². The first-order valence-corrected chi connectivity index (χ1v) is 15.9. The minimum atomic E-state index is -1.14. The fourth-order valence-corrected chi connectivity index (χ4v) is 5.27. The van der Waals surface area contributed by atoms with E-state index in [1.165, 1.54) is 0 Å². The average Bonchev–Trinajstić information content (AvgIpc) is 2.96. The van der Waals surface area contributed by atoms with Crippen molar-refractivity contribution in [2.24, 2.45) is 0 Å². The molecule has 0 aromatic heterocycles. The molecule has 0 bridgehead atoms. The van der Waals surface area contributed by atoms with E-state index in [1.807, 2.05) is 12.2 Å². The van der Waals surface area contributed by atoms with Crippen molar-refractivity contribution < 1.29 is 58.8 Å². The number of carboxylic acids is 4. The summed E-state index contributed by atoms with van der Waals surface area (Å²) in [5, 5.41) is 57.8. The number of aliphatic hydroxyl groups excluding tert-OH is 2. The van der Waals surface area contributed by atoms with Gasteiger partial charge in [0, 0.05) is 24.8 Å². The van der Waals surface area contributed by atoms with Crippen LogP contribution in [0.3, 0.4) is 0 Å². The van der Waals surface area contributed by atoms with E-state index in [2.05, 4.69) is 13.2 Å². The molecule has 0 radical (unpaired) electrons. The van der Waals surface area contributed by atoms with Crippen LogP contribution >= 0.6 is 0 Å². The van der Waals surface area contributed by atoms with Crippen molar-refractivity contribution in [3.8, 4) is 0 Å². The summed E-state index contributed by atoms with van der Waals surface area (Å²) < 4.78 is 0.663. The molecule has 0 aromatic carbocycles. The fourth-order valence-electron chi connectivity index (χ4n) is 5.27. The quantitative estimate of drug-likeness (QED) is 0.0366. The number of hydrogen-bond donors (Lipinski definition) is 4.